The van der Waals surface area contributed by atoms with E-state index in [9.17, 15) is 4.79 Å². The molecule has 0 radical (unpaired) electrons. The van der Waals surface area contributed by atoms with Crippen molar-refractivity contribution in [1.29, 1.82) is 0 Å². The Morgan fingerprint density at radius 3 is 2.48 bits per heavy atom. The number of nitrogens with zero attached hydrogens (tertiary/aromatic N) is 2. The van der Waals surface area contributed by atoms with Gasteiger partial charge in [0.15, 0.2) is 0 Å². The number of amides is 1. The van der Waals surface area contributed by atoms with E-state index in [-0.39, 0.29) is 5.91 Å². The monoisotopic (exact) mass is 352 g/mol. The first-order valence-corrected chi connectivity index (χ1v) is 8.12. The van der Waals surface area contributed by atoms with Crippen LogP contribution in [0.4, 0.5) is 17.3 Å². The summed E-state index contributed by atoms with van der Waals surface area (Å²) in [7, 11) is 0. The largest absolute Gasteiger partial charge is 0.324 e. The number of carbonyl (C=O) groups is 1. The molecule has 0 aliphatic carbocycles. The summed E-state index contributed by atoms with van der Waals surface area (Å²) in [5, 5.41) is 6.57. The van der Waals surface area contributed by atoms with Gasteiger partial charge in [-0.05, 0) is 55.3 Å². The molecule has 0 atom stereocenters. The van der Waals surface area contributed by atoms with Crippen molar-refractivity contribution < 1.29 is 4.79 Å². The zero-order chi connectivity index (χ0) is 17.8. The predicted octanol–water partition coefficient (Wildman–Crippen LogP) is 4.74. The van der Waals surface area contributed by atoms with E-state index >= 15 is 0 Å². The van der Waals surface area contributed by atoms with E-state index in [1.54, 1.807) is 18.2 Å². The Bertz CT molecular complexity index is 910. The molecule has 0 aliphatic heterocycles. The highest BCUT2D eigenvalue weighted by Crippen LogP contribution is 2.20. The smallest absolute Gasteiger partial charge is 0.258 e. The summed E-state index contributed by atoms with van der Waals surface area (Å²) in [6.07, 6.45) is 2.98. The van der Waals surface area contributed by atoms with Gasteiger partial charge in [-0.15, -0.1) is 0 Å². The second-order valence-electron chi connectivity index (χ2n) is 5.70. The van der Waals surface area contributed by atoms with Crippen LogP contribution >= 0.6 is 11.6 Å². The predicted molar refractivity (Wildman–Crippen MR) is 101 cm³/mol. The minimum Gasteiger partial charge on any atom is -0.324 e. The van der Waals surface area contributed by atoms with Crippen LogP contribution in [-0.4, -0.2) is 15.9 Å². The number of aromatic nitrogens is 2. The maximum atomic E-state index is 12.3. The maximum absolute atomic E-state index is 12.3. The molecule has 0 fully saturated rings. The Labute approximate surface area is 151 Å². The van der Waals surface area contributed by atoms with Gasteiger partial charge in [0.25, 0.3) is 5.91 Å². The van der Waals surface area contributed by atoms with E-state index in [0.717, 1.165) is 16.8 Å². The maximum Gasteiger partial charge on any atom is 0.258 e. The molecule has 3 rings (SSSR count). The van der Waals surface area contributed by atoms with Crippen molar-refractivity contribution in [2.24, 2.45) is 0 Å². The lowest BCUT2D eigenvalue weighted by atomic mass is 10.2. The molecule has 1 heterocycles. The number of anilines is 3. The highest BCUT2D eigenvalue weighted by molar-refractivity contribution is 6.30. The van der Waals surface area contributed by atoms with Gasteiger partial charge in [0.2, 0.25) is 5.95 Å². The number of benzene rings is 2. The van der Waals surface area contributed by atoms with Crippen molar-refractivity contribution in [3.8, 4) is 0 Å². The third-order valence-electron chi connectivity index (χ3n) is 3.62. The van der Waals surface area contributed by atoms with Gasteiger partial charge in [0, 0.05) is 28.8 Å². The summed E-state index contributed by atoms with van der Waals surface area (Å²) in [6, 6.07) is 13.2. The molecule has 5 nitrogen and oxygen atoms in total. The van der Waals surface area contributed by atoms with Gasteiger partial charge in [0.05, 0.1) is 5.56 Å². The number of nitrogens with one attached hydrogen (secondary N) is 2. The van der Waals surface area contributed by atoms with Crippen LogP contribution in [0, 0.1) is 13.8 Å². The molecule has 0 bridgehead atoms. The van der Waals surface area contributed by atoms with Gasteiger partial charge in [0.1, 0.15) is 0 Å². The summed E-state index contributed by atoms with van der Waals surface area (Å²) >= 11 is 5.92. The molecule has 0 saturated heterocycles. The Kier molecular flexibility index (Phi) is 4.95. The fourth-order valence-electron chi connectivity index (χ4n) is 2.32. The molecule has 0 saturated carbocycles. The Hall–Kier alpha value is -2.92. The zero-order valence-corrected chi connectivity index (χ0v) is 14.6. The average Bonchev–Trinajstić information content (AvgIpc) is 2.58. The van der Waals surface area contributed by atoms with Crippen LogP contribution in [0.2, 0.25) is 5.02 Å². The van der Waals surface area contributed by atoms with Crippen LogP contribution in [0.15, 0.2) is 54.9 Å². The van der Waals surface area contributed by atoms with Crippen molar-refractivity contribution in [2.75, 3.05) is 10.6 Å². The molecule has 25 heavy (non-hydrogen) atoms. The second-order valence-corrected chi connectivity index (χ2v) is 6.14. The molecule has 6 heteroatoms. The zero-order valence-electron chi connectivity index (χ0n) is 13.9. The van der Waals surface area contributed by atoms with E-state index in [2.05, 4.69) is 20.6 Å². The number of rotatable bonds is 4. The van der Waals surface area contributed by atoms with Gasteiger partial charge < -0.3 is 10.6 Å². The number of hydrogen-bond acceptors (Lipinski definition) is 4. The Morgan fingerprint density at radius 1 is 1.04 bits per heavy atom. The third-order valence-corrected chi connectivity index (χ3v) is 3.86. The lowest BCUT2D eigenvalue weighted by Gasteiger charge is -2.09. The quantitative estimate of drug-likeness (QED) is 0.711. The van der Waals surface area contributed by atoms with Crippen LogP contribution in [0.1, 0.15) is 21.5 Å². The summed E-state index contributed by atoms with van der Waals surface area (Å²) in [5.74, 6) is 0.164. The molecule has 0 unspecified atom stereocenters. The van der Waals surface area contributed by atoms with Crippen LogP contribution < -0.4 is 10.6 Å². The third kappa shape index (κ3) is 4.33. The normalized spacial score (nSPS) is 10.4. The Balaban J connectivity index is 1.70. The van der Waals surface area contributed by atoms with Crippen LogP contribution in [0.5, 0.6) is 0 Å². The molecule has 3 aromatic rings. The van der Waals surface area contributed by atoms with Crippen molar-refractivity contribution >= 4 is 34.8 Å². The SMILES string of the molecule is Cc1cccc(Nc2ncc(C(=O)Nc3ccc(Cl)cc3C)cn2)c1. The molecule has 126 valence electrons. The van der Waals surface area contributed by atoms with E-state index in [0.29, 0.717) is 22.2 Å². The summed E-state index contributed by atoms with van der Waals surface area (Å²) in [5.41, 5.74) is 4.01. The average molecular weight is 353 g/mol. The van der Waals surface area contributed by atoms with Crippen molar-refractivity contribution in [3.05, 3.63) is 76.6 Å². The number of hydrogen-bond donors (Lipinski definition) is 2. The fourth-order valence-corrected chi connectivity index (χ4v) is 2.55. The standard InChI is InChI=1S/C19H17ClN4O/c1-12-4-3-5-16(8-12)23-19-21-10-14(11-22-19)18(25)24-17-7-6-15(20)9-13(17)2/h3-11H,1-2H3,(H,24,25)(H,21,22,23). The van der Waals surface area contributed by atoms with Gasteiger partial charge in [-0.2, -0.15) is 0 Å². The number of carbonyl (C=O) groups excluding carboxylic acids is 1. The van der Waals surface area contributed by atoms with E-state index < -0.39 is 0 Å². The molecule has 2 N–H and O–H groups in total. The summed E-state index contributed by atoms with van der Waals surface area (Å²) < 4.78 is 0. The van der Waals surface area contributed by atoms with Crippen LogP contribution in [0.25, 0.3) is 0 Å². The summed E-state index contributed by atoms with van der Waals surface area (Å²) in [4.78, 5) is 20.7. The van der Waals surface area contributed by atoms with Crippen LogP contribution in [0.3, 0.4) is 0 Å². The number of halogens is 1. The van der Waals surface area contributed by atoms with E-state index in [1.807, 2.05) is 38.1 Å². The molecule has 1 amide bonds. The molecule has 0 spiro atoms. The first-order valence-electron chi connectivity index (χ1n) is 7.74. The minimum absolute atomic E-state index is 0.271. The summed E-state index contributed by atoms with van der Waals surface area (Å²) in [6.45, 7) is 3.89. The van der Waals surface area contributed by atoms with Crippen molar-refractivity contribution in [1.82, 2.24) is 9.97 Å². The molecular weight excluding hydrogens is 336 g/mol. The first-order chi connectivity index (χ1) is 12.0. The molecule has 2 aromatic carbocycles. The fraction of sp³-hybridized carbons (Fsp3) is 0.105. The first kappa shape index (κ1) is 16.9. The highest BCUT2D eigenvalue weighted by atomic mass is 35.5. The van der Waals surface area contributed by atoms with Crippen molar-refractivity contribution in [3.63, 3.8) is 0 Å². The Morgan fingerprint density at radius 2 is 1.80 bits per heavy atom. The molecule has 1 aromatic heterocycles. The second kappa shape index (κ2) is 7.32. The van der Waals surface area contributed by atoms with E-state index in [4.69, 9.17) is 11.6 Å². The van der Waals surface area contributed by atoms with Gasteiger partial charge in [-0.3, -0.25) is 4.79 Å². The van der Waals surface area contributed by atoms with Gasteiger partial charge in [-0.1, -0.05) is 23.7 Å². The number of aryl methyl sites for hydroxylation is 2. The van der Waals surface area contributed by atoms with Gasteiger partial charge in [-0.25, -0.2) is 9.97 Å². The molecule has 0 aliphatic rings. The molecular formula is C19H17ClN4O. The minimum atomic E-state index is -0.271. The lowest BCUT2D eigenvalue weighted by Crippen LogP contribution is -2.13. The highest BCUT2D eigenvalue weighted by Gasteiger charge is 2.09. The van der Waals surface area contributed by atoms with Crippen LogP contribution in [-0.2, 0) is 0 Å². The van der Waals surface area contributed by atoms with E-state index in [1.165, 1.54) is 12.4 Å². The van der Waals surface area contributed by atoms with Crippen molar-refractivity contribution in [2.45, 2.75) is 13.8 Å². The topological polar surface area (TPSA) is 66.9 Å². The lowest BCUT2D eigenvalue weighted by molar-refractivity contribution is 0.102. The van der Waals surface area contributed by atoms with Gasteiger partial charge >= 0.3 is 0 Å².